The Morgan fingerprint density at radius 2 is 1.60 bits per heavy atom. The van der Waals surface area contributed by atoms with Gasteiger partial charge in [-0.2, -0.15) is 13.5 Å². The summed E-state index contributed by atoms with van der Waals surface area (Å²) in [5, 5.41) is 33.2. The van der Waals surface area contributed by atoms with E-state index in [4.69, 9.17) is 9.29 Å². The number of aromatic hydroxyl groups is 1. The van der Waals surface area contributed by atoms with Crippen molar-refractivity contribution in [1.29, 1.82) is 0 Å². The number of azo groups is 1. The average molecular weight is 499 g/mol. The molecule has 0 amide bonds. The van der Waals surface area contributed by atoms with E-state index in [1.807, 2.05) is 0 Å². The number of benzene rings is 4. The maximum atomic E-state index is 13.0. The molecule has 9 nitrogen and oxygen atoms in total. The summed E-state index contributed by atoms with van der Waals surface area (Å²) in [4.78, 5) is 3.80. The van der Waals surface area contributed by atoms with Crippen molar-refractivity contribution in [2.75, 3.05) is 7.11 Å². The summed E-state index contributed by atoms with van der Waals surface area (Å²) in [6.45, 7) is 0. The molecule has 0 unspecified atom stereocenters. The minimum atomic E-state index is -4.34. The third-order valence-electron chi connectivity index (χ3n) is 4.93. The quantitative estimate of drug-likeness (QED) is 0.136. The van der Waals surface area contributed by atoms with Gasteiger partial charge in [-0.25, -0.2) is 0 Å². The predicted molar refractivity (Wildman–Crippen MR) is 125 cm³/mol. The number of hydrogen-bond donors (Lipinski definition) is 2. The van der Waals surface area contributed by atoms with E-state index in [0.717, 1.165) is 0 Å². The second kappa shape index (κ2) is 11.0. The van der Waals surface area contributed by atoms with Crippen LogP contribution in [0.4, 0.5) is 17.1 Å². The van der Waals surface area contributed by atoms with Crippen molar-refractivity contribution < 1.29 is 57.5 Å². The van der Waals surface area contributed by atoms with Crippen LogP contribution in [-0.2, 0) is 10.1 Å². The summed E-state index contributed by atoms with van der Waals surface area (Å²) in [5.74, 6) is -0.688. The third-order valence-corrected chi connectivity index (χ3v) is 5.80. The van der Waals surface area contributed by atoms with E-state index in [-0.39, 0.29) is 51.4 Å². The first-order valence-corrected chi connectivity index (χ1v) is 11.3. The van der Waals surface area contributed by atoms with Crippen LogP contribution in [0.25, 0.3) is 10.8 Å². The van der Waals surface area contributed by atoms with E-state index < -0.39 is 21.8 Å². The summed E-state index contributed by atoms with van der Waals surface area (Å²) in [5.41, 5.74) is 0.562. The van der Waals surface area contributed by atoms with Gasteiger partial charge in [-0.05, 0) is 53.7 Å². The number of rotatable bonds is 6. The number of phenols is 1. The first kappa shape index (κ1) is 26.3. The standard InChI is InChI=1S/C24H19N3O6S.Na/c1-33-21-9-5-4-8-20(21)25-24(29)19-14-15-6-2-3-7-18(15)22(23(19)28)27-26-16-10-12-17(13-11-16)34(30,31)32;/h2-14,28H,1H3,(H,25,29)(H,30,31,32);/q;+1/p-1. The molecule has 0 aliphatic rings. The first-order valence-electron chi connectivity index (χ1n) is 9.91. The van der Waals surface area contributed by atoms with E-state index in [9.17, 15) is 18.6 Å². The van der Waals surface area contributed by atoms with Crippen LogP contribution in [0.15, 0.2) is 99.0 Å². The van der Waals surface area contributed by atoms with Gasteiger partial charge >= 0.3 is 29.6 Å². The average Bonchev–Trinajstić information content (AvgIpc) is 2.83. The van der Waals surface area contributed by atoms with Crippen molar-refractivity contribution >= 4 is 43.9 Å². The Morgan fingerprint density at radius 3 is 2.29 bits per heavy atom. The normalized spacial score (nSPS) is 12.0. The number of fused-ring (bicyclic) bond motifs is 1. The molecule has 0 radical (unpaired) electrons. The van der Waals surface area contributed by atoms with Crippen LogP contribution in [0, 0.1) is 0 Å². The fraction of sp³-hybridized carbons (Fsp3) is 0.0417. The van der Waals surface area contributed by atoms with Gasteiger partial charge in [0.15, 0.2) is 5.75 Å². The van der Waals surface area contributed by atoms with Crippen LogP contribution >= 0.6 is 0 Å². The van der Waals surface area contributed by atoms with Gasteiger partial charge in [0.05, 0.1) is 17.7 Å². The minimum Gasteiger partial charge on any atom is -0.858 e. The van der Waals surface area contributed by atoms with Crippen molar-refractivity contribution in [3.8, 4) is 11.5 Å². The van der Waals surface area contributed by atoms with Gasteiger partial charge in [-0.1, -0.05) is 36.4 Å². The maximum absolute atomic E-state index is 13.0. The molecule has 0 saturated heterocycles. The van der Waals surface area contributed by atoms with Gasteiger partial charge in [-0.3, -0.25) is 9.55 Å². The smallest absolute Gasteiger partial charge is 0.858 e. The first-order chi connectivity index (χ1) is 16.3. The summed E-state index contributed by atoms with van der Waals surface area (Å²) in [6.07, 6.45) is 0. The number of hydrogen-bond acceptors (Lipinski definition) is 8. The summed E-state index contributed by atoms with van der Waals surface area (Å²) in [6, 6.07) is 20.3. The van der Waals surface area contributed by atoms with Crippen LogP contribution in [-0.4, -0.2) is 31.1 Å². The van der Waals surface area contributed by atoms with Gasteiger partial charge in [-0.15, -0.1) is 5.11 Å². The SMILES string of the molecule is COc1ccccc1N=C([O-])c1cc2ccccc2c(N=Nc2ccc(S(=O)(=O)O)cc2)c1O.[Na+]. The molecule has 11 heteroatoms. The molecule has 4 rings (SSSR count). The van der Waals surface area contributed by atoms with Crippen molar-refractivity contribution in [2.24, 2.45) is 15.2 Å². The van der Waals surface area contributed by atoms with Gasteiger partial charge in [0.25, 0.3) is 10.1 Å². The number of aliphatic imine (C=N–C) groups is 1. The largest absolute Gasteiger partial charge is 1.00 e. The Kier molecular flexibility index (Phi) is 8.26. The molecule has 0 fully saturated rings. The summed E-state index contributed by atoms with van der Waals surface area (Å²) < 4.78 is 36.7. The minimum absolute atomic E-state index is 0. The van der Waals surface area contributed by atoms with Crippen LogP contribution in [0.3, 0.4) is 0 Å². The molecule has 0 saturated carbocycles. The number of para-hydroxylation sites is 2. The van der Waals surface area contributed by atoms with E-state index in [1.54, 1.807) is 48.5 Å². The molecule has 0 atom stereocenters. The number of phenolic OH excluding ortho intramolecular Hbond substituents is 1. The Labute approximate surface area is 223 Å². The van der Waals surface area contributed by atoms with E-state index >= 15 is 0 Å². The van der Waals surface area contributed by atoms with Gasteiger partial charge < -0.3 is 14.9 Å². The van der Waals surface area contributed by atoms with Gasteiger partial charge in [0.1, 0.15) is 17.1 Å². The fourth-order valence-electron chi connectivity index (χ4n) is 3.27. The van der Waals surface area contributed by atoms with Crippen LogP contribution in [0.2, 0.25) is 0 Å². The van der Waals surface area contributed by atoms with Crippen molar-refractivity contribution in [1.82, 2.24) is 0 Å². The van der Waals surface area contributed by atoms with E-state index in [2.05, 4.69) is 15.2 Å². The fourth-order valence-corrected chi connectivity index (χ4v) is 3.75. The number of ether oxygens (including phenoxy) is 1. The Balaban J connectivity index is 0.00000342. The molecule has 0 aromatic heterocycles. The molecule has 172 valence electrons. The number of nitrogens with zero attached hydrogens (tertiary/aromatic N) is 3. The Morgan fingerprint density at radius 1 is 0.943 bits per heavy atom. The molecule has 2 N–H and O–H groups in total. The Hall–Kier alpha value is -3.28. The summed E-state index contributed by atoms with van der Waals surface area (Å²) in [7, 11) is -2.87. The molecular formula is C24H18N3NaO6S. The van der Waals surface area contributed by atoms with Crippen molar-refractivity contribution in [3.05, 3.63) is 84.4 Å². The monoisotopic (exact) mass is 499 g/mol. The van der Waals surface area contributed by atoms with Crippen LogP contribution in [0.5, 0.6) is 11.5 Å². The Bertz CT molecular complexity index is 1540. The van der Waals surface area contributed by atoms with Crippen LogP contribution < -0.4 is 39.4 Å². The van der Waals surface area contributed by atoms with Crippen molar-refractivity contribution in [2.45, 2.75) is 4.90 Å². The molecule has 4 aromatic carbocycles. The zero-order valence-electron chi connectivity index (χ0n) is 18.8. The molecule has 0 spiro atoms. The molecule has 0 aliphatic carbocycles. The van der Waals surface area contributed by atoms with Gasteiger partial charge in [0, 0.05) is 10.9 Å². The molecule has 0 aliphatic heterocycles. The van der Waals surface area contributed by atoms with Crippen molar-refractivity contribution in [3.63, 3.8) is 0 Å². The number of methoxy groups -OCH3 is 1. The zero-order chi connectivity index (χ0) is 24.3. The topological polar surface area (TPSA) is 144 Å². The molecule has 0 heterocycles. The zero-order valence-corrected chi connectivity index (χ0v) is 21.6. The molecule has 35 heavy (non-hydrogen) atoms. The predicted octanol–water partition coefficient (Wildman–Crippen LogP) is 1.66. The second-order valence-corrected chi connectivity index (χ2v) is 8.52. The van der Waals surface area contributed by atoms with Gasteiger partial charge in [0.2, 0.25) is 0 Å². The van der Waals surface area contributed by atoms with E-state index in [0.29, 0.717) is 22.2 Å². The molecule has 4 aromatic rings. The third kappa shape index (κ3) is 5.87. The maximum Gasteiger partial charge on any atom is 1.00 e. The summed E-state index contributed by atoms with van der Waals surface area (Å²) >= 11 is 0. The van der Waals surface area contributed by atoms with E-state index in [1.165, 1.54) is 37.4 Å². The second-order valence-electron chi connectivity index (χ2n) is 7.10. The molecular weight excluding hydrogens is 481 g/mol. The van der Waals surface area contributed by atoms with Crippen LogP contribution in [0.1, 0.15) is 5.56 Å². The molecule has 0 bridgehead atoms.